The van der Waals surface area contributed by atoms with Crippen LogP contribution in [0.15, 0.2) is 24.8 Å². The minimum atomic E-state index is -1.34. The van der Waals surface area contributed by atoms with Crippen LogP contribution < -0.4 is 0 Å². The van der Waals surface area contributed by atoms with Crippen molar-refractivity contribution in [3.05, 3.63) is 40.5 Å². The van der Waals surface area contributed by atoms with Crippen molar-refractivity contribution >= 4 is 17.2 Å². The first-order valence-electron chi connectivity index (χ1n) is 3.83. The molecular weight excluding hydrogens is 202 g/mol. The van der Waals surface area contributed by atoms with Gasteiger partial charge >= 0.3 is 5.97 Å². The Balaban J connectivity index is 3.28. The van der Waals surface area contributed by atoms with E-state index in [1.165, 1.54) is 0 Å². The number of nitrogens with zero attached hydrogens (tertiary/aromatic N) is 1. The Labute approximate surface area is 84.2 Å². The van der Waals surface area contributed by atoms with Crippen LogP contribution in [0, 0.1) is 10.1 Å². The Hall–Kier alpha value is -2.37. The number of hydrogen-bond donors (Lipinski definition) is 2. The summed E-state index contributed by atoms with van der Waals surface area (Å²) in [7, 11) is 0. The Bertz CT molecular complexity index is 452. The van der Waals surface area contributed by atoms with Crippen LogP contribution in [-0.2, 0) is 4.79 Å². The number of phenols is 1. The molecule has 0 unspecified atom stereocenters. The monoisotopic (exact) mass is 209 g/mol. The molecule has 2 N–H and O–H groups in total. The quantitative estimate of drug-likeness (QED) is 0.445. The zero-order valence-corrected chi connectivity index (χ0v) is 7.51. The standard InChI is InChI=1S/C9H7NO5/c1-5(9(12)13)7-4-6(10(14)15)2-3-8(7)11/h2-4,11H,1H2,(H,12,13). The number of phenolic OH excluding ortho intramolecular Hbond substituents is 1. The highest BCUT2D eigenvalue weighted by atomic mass is 16.6. The maximum absolute atomic E-state index is 10.6. The molecule has 0 aliphatic heterocycles. The van der Waals surface area contributed by atoms with E-state index in [0.29, 0.717) is 0 Å². The van der Waals surface area contributed by atoms with E-state index < -0.39 is 16.5 Å². The molecule has 1 rings (SSSR count). The molecular formula is C9H7NO5. The third kappa shape index (κ3) is 2.11. The van der Waals surface area contributed by atoms with Gasteiger partial charge < -0.3 is 10.2 Å². The molecule has 0 saturated heterocycles. The number of aliphatic carboxylic acids is 1. The summed E-state index contributed by atoms with van der Waals surface area (Å²) >= 11 is 0. The van der Waals surface area contributed by atoms with Crippen molar-refractivity contribution in [3.63, 3.8) is 0 Å². The molecule has 0 spiro atoms. The number of hydrogen-bond acceptors (Lipinski definition) is 4. The lowest BCUT2D eigenvalue weighted by atomic mass is 10.1. The Morgan fingerprint density at radius 3 is 2.53 bits per heavy atom. The molecule has 0 atom stereocenters. The largest absolute Gasteiger partial charge is 0.507 e. The molecule has 15 heavy (non-hydrogen) atoms. The Morgan fingerprint density at radius 2 is 2.07 bits per heavy atom. The minimum Gasteiger partial charge on any atom is -0.507 e. The van der Waals surface area contributed by atoms with Gasteiger partial charge in [0.1, 0.15) is 5.75 Å². The van der Waals surface area contributed by atoms with Crippen molar-refractivity contribution in [3.8, 4) is 5.75 Å². The first-order chi connectivity index (χ1) is 6.93. The molecule has 0 bridgehead atoms. The summed E-state index contributed by atoms with van der Waals surface area (Å²) < 4.78 is 0. The molecule has 0 aromatic heterocycles. The number of non-ortho nitro benzene ring substituents is 1. The highest BCUT2D eigenvalue weighted by Gasteiger charge is 2.16. The molecule has 6 nitrogen and oxygen atoms in total. The number of carbonyl (C=O) groups is 1. The molecule has 1 aromatic carbocycles. The van der Waals surface area contributed by atoms with Gasteiger partial charge in [0.2, 0.25) is 0 Å². The van der Waals surface area contributed by atoms with Crippen LogP contribution in [-0.4, -0.2) is 21.1 Å². The number of rotatable bonds is 3. The summed E-state index contributed by atoms with van der Waals surface area (Å²) in [4.78, 5) is 20.3. The molecule has 0 fully saturated rings. The van der Waals surface area contributed by atoms with E-state index in [0.717, 1.165) is 18.2 Å². The maximum Gasteiger partial charge on any atom is 0.335 e. The lowest BCUT2D eigenvalue weighted by Crippen LogP contribution is -1.99. The summed E-state index contributed by atoms with van der Waals surface area (Å²) in [5.41, 5.74) is -0.849. The molecule has 0 amide bonds. The number of benzene rings is 1. The van der Waals surface area contributed by atoms with Gasteiger partial charge in [0.25, 0.3) is 5.69 Å². The maximum atomic E-state index is 10.6. The lowest BCUT2D eigenvalue weighted by Gasteiger charge is -2.03. The summed E-state index contributed by atoms with van der Waals surface area (Å²) in [5.74, 6) is -1.70. The average Bonchev–Trinajstić information content (AvgIpc) is 2.16. The normalized spacial score (nSPS) is 9.60. The van der Waals surface area contributed by atoms with E-state index in [1.807, 2.05) is 0 Å². The minimum absolute atomic E-state index is 0.156. The zero-order chi connectivity index (χ0) is 11.6. The molecule has 0 aliphatic carbocycles. The van der Waals surface area contributed by atoms with E-state index in [4.69, 9.17) is 5.11 Å². The Morgan fingerprint density at radius 1 is 1.47 bits per heavy atom. The predicted octanol–water partition coefficient (Wildman–Crippen LogP) is 1.40. The van der Waals surface area contributed by atoms with Gasteiger partial charge in [0, 0.05) is 17.7 Å². The van der Waals surface area contributed by atoms with Crippen LogP contribution in [0.25, 0.3) is 5.57 Å². The van der Waals surface area contributed by atoms with E-state index in [1.54, 1.807) is 0 Å². The summed E-state index contributed by atoms with van der Waals surface area (Å²) in [6.45, 7) is 3.20. The number of nitro benzene ring substituents is 1. The fraction of sp³-hybridized carbons (Fsp3) is 0. The summed E-state index contributed by atoms with van der Waals surface area (Å²) in [5, 5.41) is 28.3. The van der Waals surface area contributed by atoms with E-state index in [-0.39, 0.29) is 17.0 Å². The van der Waals surface area contributed by atoms with Gasteiger partial charge in [-0.1, -0.05) is 6.58 Å². The summed E-state index contributed by atoms with van der Waals surface area (Å²) in [6.07, 6.45) is 0. The van der Waals surface area contributed by atoms with E-state index >= 15 is 0 Å². The second-order valence-corrected chi connectivity index (χ2v) is 2.74. The highest BCUT2D eigenvalue weighted by molar-refractivity contribution is 6.15. The third-order valence-corrected chi connectivity index (χ3v) is 1.77. The smallest absolute Gasteiger partial charge is 0.335 e. The van der Waals surface area contributed by atoms with Crippen LogP contribution in [0.1, 0.15) is 5.56 Å². The summed E-state index contributed by atoms with van der Waals surface area (Å²) in [6, 6.07) is 3.10. The lowest BCUT2D eigenvalue weighted by molar-refractivity contribution is -0.384. The van der Waals surface area contributed by atoms with Gasteiger partial charge in [-0.05, 0) is 6.07 Å². The van der Waals surface area contributed by atoms with Gasteiger partial charge in [-0.15, -0.1) is 0 Å². The number of aromatic hydroxyl groups is 1. The van der Waals surface area contributed by atoms with Crippen LogP contribution in [0.2, 0.25) is 0 Å². The molecule has 78 valence electrons. The zero-order valence-electron chi connectivity index (χ0n) is 7.51. The van der Waals surface area contributed by atoms with Crippen molar-refractivity contribution in [2.75, 3.05) is 0 Å². The predicted molar refractivity (Wildman–Crippen MR) is 51.4 cm³/mol. The van der Waals surface area contributed by atoms with Crippen LogP contribution >= 0.6 is 0 Å². The van der Waals surface area contributed by atoms with Crippen molar-refractivity contribution in [1.82, 2.24) is 0 Å². The van der Waals surface area contributed by atoms with Gasteiger partial charge in [-0.3, -0.25) is 10.1 Å². The first kappa shape index (κ1) is 10.7. The molecule has 0 saturated carbocycles. The van der Waals surface area contributed by atoms with E-state index in [2.05, 4.69) is 6.58 Å². The van der Waals surface area contributed by atoms with Crippen LogP contribution in [0.3, 0.4) is 0 Å². The average molecular weight is 209 g/mol. The number of carboxylic acid groups (broad SMARTS) is 1. The second kappa shape index (κ2) is 3.79. The fourth-order valence-electron chi connectivity index (χ4n) is 0.995. The highest BCUT2D eigenvalue weighted by Crippen LogP contribution is 2.28. The molecule has 0 heterocycles. The molecule has 6 heteroatoms. The molecule has 0 aliphatic rings. The topological polar surface area (TPSA) is 101 Å². The van der Waals surface area contributed by atoms with Gasteiger partial charge in [-0.2, -0.15) is 0 Å². The van der Waals surface area contributed by atoms with Gasteiger partial charge in [-0.25, -0.2) is 4.79 Å². The van der Waals surface area contributed by atoms with Crippen molar-refractivity contribution in [2.45, 2.75) is 0 Å². The SMILES string of the molecule is C=C(C(=O)O)c1cc([N+](=O)[O-])ccc1O. The van der Waals surface area contributed by atoms with Crippen molar-refractivity contribution < 1.29 is 19.9 Å². The third-order valence-electron chi connectivity index (χ3n) is 1.77. The van der Waals surface area contributed by atoms with Crippen molar-refractivity contribution in [2.24, 2.45) is 0 Å². The molecule has 1 aromatic rings. The number of carboxylic acids is 1. The Kier molecular flexibility index (Phi) is 2.70. The van der Waals surface area contributed by atoms with E-state index in [9.17, 15) is 20.0 Å². The van der Waals surface area contributed by atoms with Gasteiger partial charge in [0.15, 0.2) is 0 Å². The molecule has 0 radical (unpaired) electrons. The van der Waals surface area contributed by atoms with Crippen molar-refractivity contribution in [1.29, 1.82) is 0 Å². The fourth-order valence-corrected chi connectivity index (χ4v) is 0.995. The first-order valence-corrected chi connectivity index (χ1v) is 3.83. The number of nitro groups is 1. The van der Waals surface area contributed by atoms with Crippen LogP contribution in [0.5, 0.6) is 5.75 Å². The van der Waals surface area contributed by atoms with Gasteiger partial charge in [0.05, 0.1) is 10.5 Å². The second-order valence-electron chi connectivity index (χ2n) is 2.74. The van der Waals surface area contributed by atoms with Crippen LogP contribution in [0.4, 0.5) is 5.69 Å².